The van der Waals surface area contributed by atoms with Gasteiger partial charge in [-0.05, 0) is 240 Å². The number of fused-ring (bicyclic) bond motifs is 3. The molecule has 386 valence electrons. The molecule has 0 N–H and O–H groups in total. The maximum absolute atomic E-state index is 5.21. The van der Waals surface area contributed by atoms with Gasteiger partial charge >= 0.3 is 0 Å². The molecule has 1 saturated carbocycles. The first-order valence-corrected chi connectivity index (χ1v) is 27.9. The fourth-order valence-electron chi connectivity index (χ4n) is 11.5. The fraction of sp³-hybridized carbons (Fsp3) is 0.208. The number of hydrogen-bond acceptors (Lipinski definition) is 5. The Bertz CT molecular complexity index is 3780. The summed E-state index contributed by atoms with van der Waals surface area (Å²) < 4.78 is 2.42. The molecule has 0 spiro atoms. The highest BCUT2D eigenvalue weighted by Crippen LogP contribution is 2.44. The standard InChI is InChI=1S/C72H68N6/c1-45-15-21-56(22-16-45)70-73-71(57-25-23-55(24-26-57)54-13-11-10-12-14-54)75-72(74-70)58-27-33-59(34-28-58)78-68-37-35-64(76(60-29-17-46(2)50(6)39-60)61-30-18-47(3)51(7)40-61)43-66(68)67-44-65(36-38-69(67)78)77(62-31-19-48(4)52(8)41-62)63-32-20-49(5)53(9)42-63/h15-44,54H,10-14H2,1-9H3. The van der Waals surface area contributed by atoms with Gasteiger partial charge in [0.15, 0.2) is 17.5 Å². The topological polar surface area (TPSA) is 50.1 Å². The van der Waals surface area contributed by atoms with Crippen LogP contribution < -0.4 is 9.80 Å². The molecule has 2 heterocycles. The minimum Gasteiger partial charge on any atom is -0.310 e. The monoisotopic (exact) mass is 1020 g/mol. The van der Waals surface area contributed by atoms with Gasteiger partial charge < -0.3 is 14.4 Å². The molecule has 1 fully saturated rings. The molecule has 2 aromatic heterocycles. The number of benzene rings is 9. The summed E-state index contributed by atoms with van der Waals surface area (Å²) in [6.45, 7) is 19.7. The second-order valence-electron chi connectivity index (χ2n) is 22.2. The highest BCUT2D eigenvalue weighted by Gasteiger charge is 2.23. The van der Waals surface area contributed by atoms with Gasteiger partial charge in [0.2, 0.25) is 0 Å². The van der Waals surface area contributed by atoms with E-state index in [1.54, 1.807) is 0 Å². The lowest BCUT2D eigenvalue weighted by Gasteiger charge is -2.27. The Kier molecular flexibility index (Phi) is 13.3. The summed E-state index contributed by atoms with van der Waals surface area (Å²) in [6, 6.07) is 67.4. The molecule has 0 amide bonds. The van der Waals surface area contributed by atoms with Crippen LogP contribution in [0.25, 0.3) is 61.7 Å². The summed E-state index contributed by atoms with van der Waals surface area (Å²) in [5.41, 5.74) is 25.6. The van der Waals surface area contributed by atoms with E-state index < -0.39 is 0 Å². The van der Waals surface area contributed by atoms with E-state index in [1.807, 2.05) is 0 Å². The number of hydrogen-bond donors (Lipinski definition) is 0. The molecule has 6 nitrogen and oxygen atoms in total. The third-order valence-electron chi connectivity index (χ3n) is 16.8. The molecule has 0 bridgehead atoms. The normalized spacial score (nSPS) is 12.9. The summed E-state index contributed by atoms with van der Waals surface area (Å²) >= 11 is 0. The van der Waals surface area contributed by atoms with E-state index in [-0.39, 0.29) is 0 Å². The summed E-state index contributed by atoms with van der Waals surface area (Å²) in [5, 5.41) is 2.32. The van der Waals surface area contributed by atoms with Gasteiger partial charge in [0, 0.05) is 67.3 Å². The van der Waals surface area contributed by atoms with Crippen LogP contribution in [0.1, 0.15) is 93.7 Å². The van der Waals surface area contributed by atoms with Crippen LogP contribution in [0.5, 0.6) is 0 Å². The molecule has 0 saturated heterocycles. The molecule has 1 aliphatic rings. The minimum absolute atomic E-state index is 0.628. The summed E-state index contributed by atoms with van der Waals surface area (Å²) in [6.07, 6.45) is 6.49. The SMILES string of the molecule is Cc1ccc(-c2nc(-c3ccc(C4CCCCC4)cc3)nc(-c3ccc(-n4c5ccc(N(c6ccc(C)c(C)c6)c6ccc(C)c(C)c6)cc5c5cc(N(c6ccc(C)c(C)c6)c6ccc(C)c(C)c6)ccc54)cc3)n2)cc1. The molecular formula is C72H68N6. The Hall–Kier alpha value is -8.61. The lowest BCUT2D eigenvalue weighted by molar-refractivity contribution is 0.443. The number of aromatic nitrogens is 4. The van der Waals surface area contributed by atoms with Crippen LogP contribution in [0.15, 0.2) is 182 Å². The molecule has 1 aliphatic carbocycles. The zero-order chi connectivity index (χ0) is 53.8. The molecule has 9 aromatic carbocycles. The van der Waals surface area contributed by atoms with Gasteiger partial charge in [-0.25, -0.2) is 15.0 Å². The van der Waals surface area contributed by atoms with E-state index in [0.717, 1.165) is 78.3 Å². The van der Waals surface area contributed by atoms with Crippen LogP contribution in [0, 0.1) is 62.3 Å². The van der Waals surface area contributed by atoms with Crippen molar-refractivity contribution in [1.82, 2.24) is 19.5 Å². The van der Waals surface area contributed by atoms with E-state index in [2.05, 4.69) is 259 Å². The molecule has 0 atom stereocenters. The summed E-state index contributed by atoms with van der Waals surface area (Å²) in [5.74, 6) is 2.61. The molecule has 0 radical (unpaired) electrons. The number of nitrogens with zero attached hydrogens (tertiary/aromatic N) is 6. The van der Waals surface area contributed by atoms with Gasteiger partial charge in [-0.1, -0.05) is 97.6 Å². The number of anilines is 6. The molecule has 78 heavy (non-hydrogen) atoms. The van der Waals surface area contributed by atoms with Crippen molar-refractivity contribution in [3.05, 3.63) is 238 Å². The van der Waals surface area contributed by atoms with Crippen molar-refractivity contribution in [1.29, 1.82) is 0 Å². The number of rotatable bonds is 11. The van der Waals surface area contributed by atoms with Gasteiger partial charge in [0.25, 0.3) is 0 Å². The summed E-state index contributed by atoms with van der Waals surface area (Å²) in [7, 11) is 0. The van der Waals surface area contributed by atoms with Crippen LogP contribution in [0.2, 0.25) is 0 Å². The van der Waals surface area contributed by atoms with Gasteiger partial charge in [-0.3, -0.25) is 0 Å². The Morgan fingerprint density at radius 2 is 0.667 bits per heavy atom. The lowest BCUT2D eigenvalue weighted by atomic mass is 9.84. The quantitative estimate of drug-likeness (QED) is 0.129. The maximum Gasteiger partial charge on any atom is 0.164 e. The first-order valence-electron chi connectivity index (χ1n) is 27.9. The summed E-state index contributed by atoms with van der Waals surface area (Å²) in [4.78, 5) is 20.3. The average molecular weight is 1020 g/mol. The second kappa shape index (κ2) is 20.7. The van der Waals surface area contributed by atoms with Crippen molar-refractivity contribution in [2.75, 3.05) is 9.80 Å². The van der Waals surface area contributed by atoms with E-state index >= 15 is 0 Å². The van der Waals surface area contributed by atoms with Crippen LogP contribution >= 0.6 is 0 Å². The van der Waals surface area contributed by atoms with Gasteiger partial charge in [-0.15, -0.1) is 0 Å². The first kappa shape index (κ1) is 50.2. The molecular weight excluding hydrogens is 949 g/mol. The van der Waals surface area contributed by atoms with Crippen LogP contribution in [0.4, 0.5) is 34.1 Å². The van der Waals surface area contributed by atoms with Crippen molar-refractivity contribution in [2.24, 2.45) is 0 Å². The zero-order valence-corrected chi connectivity index (χ0v) is 46.6. The van der Waals surface area contributed by atoms with Crippen LogP contribution in [-0.2, 0) is 0 Å². The minimum atomic E-state index is 0.628. The van der Waals surface area contributed by atoms with Gasteiger partial charge in [-0.2, -0.15) is 0 Å². The number of aryl methyl sites for hydroxylation is 9. The van der Waals surface area contributed by atoms with E-state index in [1.165, 1.54) is 87.7 Å². The smallest absolute Gasteiger partial charge is 0.164 e. The van der Waals surface area contributed by atoms with Gasteiger partial charge in [0.1, 0.15) is 0 Å². The van der Waals surface area contributed by atoms with Crippen LogP contribution in [0.3, 0.4) is 0 Å². The largest absolute Gasteiger partial charge is 0.310 e. The Morgan fingerprint density at radius 1 is 0.333 bits per heavy atom. The fourth-order valence-corrected chi connectivity index (χ4v) is 11.5. The Balaban J connectivity index is 1.02. The molecule has 6 heteroatoms. The van der Waals surface area contributed by atoms with Crippen molar-refractivity contribution in [3.8, 4) is 39.9 Å². The maximum atomic E-state index is 5.21. The van der Waals surface area contributed by atoms with Crippen molar-refractivity contribution in [2.45, 2.75) is 100 Å². The highest BCUT2D eigenvalue weighted by molar-refractivity contribution is 6.12. The van der Waals surface area contributed by atoms with E-state index in [4.69, 9.17) is 15.0 Å². The van der Waals surface area contributed by atoms with Crippen LogP contribution in [-0.4, -0.2) is 19.5 Å². The Morgan fingerprint density at radius 3 is 1.04 bits per heavy atom. The molecule has 12 rings (SSSR count). The van der Waals surface area contributed by atoms with Gasteiger partial charge in [0.05, 0.1) is 11.0 Å². The van der Waals surface area contributed by atoms with Crippen molar-refractivity contribution in [3.63, 3.8) is 0 Å². The van der Waals surface area contributed by atoms with Crippen molar-refractivity contribution >= 4 is 55.9 Å². The Labute approximate surface area is 460 Å². The van der Waals surface area contributed by atoms with E-state index in [0.29, 0.717) is 23.4 Å². The lowest BCUT2D eigenvalue weighted by Crippen LogP contribution is -2.11. The molecule has 11 aromatic rings. The first-order chi connectivity index (χ1) is 37.8. The third kappa shape index (κ3) is 9.66. The van der Waals surface area contributed by atoms with Crippen molar-refractivity contribution < 1.29 is 0 Å². The predicted octanol–water partition coefficient (Wildman–Crippen LogP) is 19.7. The zero-order valence-electron chi connectivity index (χ0n) is 46.6. The predicted molar refractivity (Wildman–Crippen MR) is 328 cm³/mol. The second-order valence-corrected chi connectivity index (χ2v) is 22.2. The molecule has 0 aliphatic heterocycles. The molecule has 0 unspecified atom stereocenters. The van der Waals surface area contributed by atoms with E-state index in [9.17, 15) is 0 Å². The average Bonchev–Trinajstić information content (AvgIpc) is 4.02. The third-order valence-corrected chi connectivity index (χ3v) is 16.8. The highest BCUT2D eigenvalue weighted by atomic mass is 15.2.